The molecule has 3 aromatic rings. The Labute approximate surface area is 206 Å². The Morgan fingerprint density at radius 2 is 1.65 bits per heavy atom. The van der Waals surface area contributed by atoms with Crippen molar-refractivity contribution >= 4 is 52.1 Å². The average molecular weight is 490 g/mol. The number of fused-ring (bicyclic) bond motifs is 1. The number of para-hydroxylation sites is 1. The molecule has 0 N–H and O–H groups in total. The van der Waals surface area contributed by atoms with Crippen LogP contribution in [-0.2, 0) is 16.1 Å². The number of imide groups is 1. The van der Waals surface area contributed by atoms with Crippen LogP contribution in [0.1, 0.15) is 17.5 Å². The molecule has 1 aliphatic heterocycles. The number of allylic oxidation sites excluding steroid dienone is 2. The van der Waals surface area contributed by atoms with Gasteiger partial charge < -0.3 is 4.57 Å². The van der Waals surface area contributed by atoms with Gasteiger partial charge in [-0.05, 0) is 53.9 Å². The summed E-state index contributed by atoms with van der Waals surface area (Å²) in [4.78, 5) is 26.4. The maximum absolute atomic E-state index is 13.2. The molecule has 2 bridgehead atoms. The summed E-state index contributed by atoms with van der Waals surface area (Å²) in [6.07, 6.45) is 9.15. The third-order valence-electron chi connectivity index (χ3n) is 8.11. The van der Waals surface area contributed by atoms with E-state index in [0.29, 0.717) is 28.4 Å². The van der Waals surface area contributed by atoms with E-state index in [0.717, 1.165) is 33.5 Å². The lowest BCUT2D eigenvalue weighted by atomic mass is 9.63. The SMILES string of the molecule is O=C1[C@@H]2[C@@H]3C=C[C@H]([C@@H]4C[C@H]34)[C@H]2C(=O)N1/N=C\c1cn(Cc2ccc(Cl)c(Cl)c2)c2ccccc12. The molecule has 5 aliphatic rings. The molecule has 1 aromatic heterocycles. The molecule has 2 aromatic carbocycles. The molecule has 4 aliphatic carbocycles. The van der Waals surface area contributed by atoms with Crippen molar-refractivity contribution in [1.82, 2.24) is 9.58 Å². The van der Waals surface area contributed by atoms with Gasteiger partial charge in [-0.3, -0.25) is 9.59 Å². The molecule has 7 heteroatoms. The zero-order chi connectivity index (χ0) is 23.1. The standard InChI is InChI=1S/C27H21Cl2N3O2/c28-21-8-5-14(9-22(21)29)12-31-13-15(16-3-1-2-4-23(16)31)11-30-32-26(33)24-17-6-7-18(20-10-19(17)20)25(24)27(32)34/h1-9,11,13,17-20,24-25H,10,12H2/b30-11-/t17-,18-,19-,20+,24-,25-/m1/s1. The summed E-state index contributed by atoms with van der Waals surface area (Å²) in [5, 5.41) is 7.63. The second kappa shape index (κ2) is 7.30. The zero-order valence-electron chi connectivity index (χ0n) is 18.1. The second-order valence-electron chi connectivity index (χ2n) is 9.87. The number of halogens is 2. The average Bonchev–Trinajstić information content (AvgIpc) is 3.55. The summed E-state index contributed by atoms with van der Waals surface area (Å²) in [7, 11) is 0. The van der Waals surface area contributed by atoms with Gasteiger partial charge in [0.1, 0.15) is 0 Å². The smallest absolute Gasteiger partial charge is 0.254 e. The molecule has 0 spiro atoms. The van der Waals surface area contributed by atoms with Gasteiger partial charge >= 0.3 is 0 Å². The Hall–Kier alpha value is -2.89. The van der Waals surface area contributed by atoms with E-state index >= 15 is 0 Å². The predicted molar refractivity (Wildman–Crippen MR) is 132 cm³/mol. The molecule has 1 saturated heterocycles. The highest BCUT2D eigenvalue weighted by molar-refractivity contribution is 6.42. The number of carbonyl (C=O) groups is 2. The maximum atomic E-state index is 13.2. The van der Waals surface area contributed by atoms with E-state index in [1.54, 1.807) is 12.3 Å². The number of hydrogen-bond donors (Lipinski definition) is 0. The molecule has 6 atom stereocenters. The second-order valence-corrected chi connectivity index (χ2v) is 10.7. The third kappa shape index (κ3) is 2.90. The van der Waals surface area contributed by atoms with Crippen LogP contribution in [0.25, 0.3) is 10.9 Å². The van der Waals surface area contributed by atoms with Gasteiger partial charge in [-0.1, -0.05) is 59.6 Å². The number of hydrogen-bond acceptors (Lipinski definition) is 3. The van der Waals surface area contributed by atoms with Crippen LogP contribution in [0.2, 0.25) is 10.0 Å². The fraction of sp³-hybridized carbons (Fsp3) is 0.296. The van der Waals surface area contributed by atoms with Gasteiger partial charge in [0.05, 0.1) is 28.1 Å². The van der Waals surface area contributed by atoms with Crippen LogP contribution >= 0.6 is 23.2 Å². The van der Waals surface area contributed by atoms with E-state index in [1.165, 1.54) is 0 Å². The Morgan fingerprint density at radius 1 is 0.941 bits per heavy atom. The van der Waals surface area contributed by atoms with Crippen LogP contribution in [0.4, 0.5) is 0 Å². The number of amides is 2. The number of rotatable bonds is 4. The highest BCUT2D eigenvalue weighted by Gasteiger charge is 2.67. The van der Waals surface area contributed by atoms with Crippen LogP contribution in [0.5, 0.6) is 0 Å². The van der Waals surface area contributed by atoms with Gasteiger partial charge in [-0.2, -0.15) is 10.1 Å². The Kier molecular flexibility index (Phi) is 4.40. The third-order valence-corrected chi connectivity index (χ3v) is 8.85. The quantitative estimate of drug-likeness (QED) is 0.280. The topological polar surface area (TPSA) is 54.7 Å². The van der Waals surface area contributed by atoms with Crippen molar-refractivity contribution in [1.29, 1.82) is 0 Å². The van der Waals surface area contributed by atoms with E-state index in [1.807, 2.05) is 42.6 Å². The fourth-order valence-corrected chi connectivity index (χ4v) is 6.84. The van der Waals surface area contributed by atoms with Crippen molar-refractivity contribution in [3.63, 3.8) is 0 Å². The first-order valence-electron chi connectivity index (χ1n) is 11.6. The minimum Gasteiger partial charge on any atom is -0.342 e. The van der Waals surface area contributed by atoms with Gasteiger partial charge in [0.25, 0.3) is 11.8 Å². The van der Waals surface area contributed by atoms with Gasteiger partial charge in [-0.25, -0.2) is 0 Å². The van der Waals surface area contributed by atoms with Gasteiger partial charge in [-0.15, -0.1) is 0 Å². The zero-order valence-corrected chi connectivity index (χ0v) is 19.7. The molecule has 0 unspecified atom stereocenters. The molecular formula is C27H21Cl2N3O2. The summed E-state index contributed by atoms with van der Waals surface area (Å²) >= 11 is 12.3. The van der Waals surface area contributed by atoms with E-state index < -0.39 is 0 Å². The van der Waals surface area contributed by atoms with Crippen LogP contribution in [-0.4, -0.2) is 27.6 Å². The molecule has 170 valence electrons. The van der Waals surface area contributed by atoms with Gasteiger partial charge in [0, 0.05) is 29.2 Å². The van der Waals surface area contributed by atoms with Crippen molar-refractivity contribution < 1.29 is 9.59 Å². The number of nitrogens with zero attached hydrogens (tertiary/aromatic N) is 3. The Balaban J connectivity index is 1.20. The summed E-state index contributed by atoms with van der Waals surface area (Å²) in [6.45, 7) is 0.606. The lowest BCUT2D eigenvalue weighted by Crippen LogP contribution is -2.40. The predicted octanol–water partition coefficient (Wildman–Crippen LogP) is 5.38. The molecule has 8 rings (SSSR count). The van der Waals surface area contributed by atoms with Crippen molar-refractivity contribution in [3.05, 3.63) is 82.0 Å². The fourth-order valence-electron chi connectivity index (χ4n) is 6.52. The number of aromatic nitrogens is 1. The first-order chi connectivity index (χ1) is 16.5. The van der Waals surface area contributed by atoms with E-state index in [4.69, 9.17) is 23.2 Å². The molecular weight excluding hydrogens is 469 g/mol. The lowest BCUT2D eigenvalue weighted by molar-refractivity contribution is -0.140. The molecule has 0 radical (unpaired) electrons. The first kappa shape index (κ1) is 20.5. The van der Waals surface area contributed by atoms with Crippen molar-refractivity contribution in [2.75, 3.05) is 0 Å². The van der Waals surface area contributed by atoms with E-state index in [2.05, 4.69) is 21.8 Å². The monoisotopic (exact) mass is 489 g/mol. The lowest BCUT2D eigenvalue weighted by Gasteiger charge is -2.37. The van der Waals surface area contributed by atoms with Crippen molar-refractivity contribution in [2.45, 2.75) is 13.0 Å². The van der Waals surface area contributed by atoms with Crippen LogP contribution in [0.15, 0.2) is 65.9 Å². The van der Waals surface area contributed by atoms with Gasteiger partial charge in [0.15, 0.2) is 0 Å². The molecule has 2 heterocycles. The highest BCUT2D eigenvalue weighted by Crippen LogP contribution is 2.65. The number of carbonyl (C=O) groups excluding carboxylic acids is 2. The number of benzene rings is 2. The van der Waals surface area contributed by atoms with Crippen LogP contribution in [0, 0.1) is 35.5 Å². The molecule has 2 saturated carbocycles. The first-order valence-corrected chi connectivity index (χ1v) is 12.4. The molecule has 5 nitrogen and oxygen atoms in total. The summed E-state index contributed by atoms with van der Waals surface area (Å²) < 4.78 is 2.11. The van der Waals surface area contributed by atoms with Gasteiger partial charge in [0.2, 0.25) is 0 Å². The molecule has 34 heavy (non-hydrogen) atoms. The van der Waals surface area contributed by atoms with Crippen LogP contribution in [0.3, 0.4) is 0 Å². The van der Waals surface area contributed by atoms with Crippen molar-refractivity contribution in [2.24, 2.45) is 40.6 Å². The van der Waals surface area contributed by atoms with Crippen LogP contribution < -0.4 is 0 Å². The summed E-state index contributed by atoms with van der Waals surface area (Å²) in [5.74, 6) is 0.798. The summed E-state index contributed by atoms with van der Waals surface area (Å²) in [5.41, 5.74) is 2.91. The van der Waals surface area contributed by atoms with E-state index in [-0.39, 0.29) is 35.5 Å². The molecule has 2 amide bonds. The van der Waals surface area contributed by atoms with Crippen molar-refractivity contribution in [3.8, 4) is 0 Å². The summed E-state index contributed by atoms with van der Waals surface area (Å²) in [6, 6.07) is 13.6. The maximum Gasteiger partial charge on any atom is 0.254 e. The van der Waals surface area contributed by atoms with E-state index in [9.17, 15) is 9.59 Å². The normalized spacial score (nSPS) is 31.1. The largest absolute Gasteiger partial charge is 0.342 e. The highest BCUT2D eigenvalue weighted by atomic mass is 35.5. The minimum absolute atomic E-state index is 0.143. The Morgan fingerprint density at radius 3 is 2.35 bits per heavy atom. The Bertz CT molecular complexity index is 1400. The molecule has 3 fully saturated rings. The number of hydrazone groups is 1. The minimum atomic E-state index is -0.237.